The minimum atomic E-state index is -0.802. The normalized spacial score (nSPS) is 17.8. The number of carbonyl (C=O) groups excluding carboxylic acids is 1. The van der Waals surface area contributed by atoms with Crippen LogP contribution in [-0.2, 0) is 11.3 Å². The third-order valence-electron chi connectivity index (χ3n) is 5.08. The Kier molecular flexibility index (Phi) is 5.32. The number of carbonyl (C=O) groups is 1. The van der Waals surface area contributed by atoms with Crippen molar-refractivity contribution in [3.8, 4) is 5.75 Å². The third-order valence-corrected chi connectivity index (χ3v) is 5.08. The van der Waals surface area contributed by atoms with Crippen LogP contribution >= 0.6 is 0 Å². The summed E-state index contributed by atoms with van der Waals surface area (Å²) in [7, 11) is 0. The summed E-state index contributed by atoms with van der Waals surface area (Å²) < 4.78 is 7.73. The minimum Gasteiger partial charge on any atom is -0.481 e. The van der Waals surface area contributed by atoms with Crippen LogP contribution in [0.2, 0.25) is 0 Å². The van der Waals surface area contributed by atoms with E-state index in [-0.39, 0.29) is 5.91 Å². The number of ether oxygens (including phenoxy) is 1. The van der Waals surface area contributed by atoms with Gasteiger partial charge in [-0.1, -0.05) is 17.7 Å². The van der Waals surface area contributed by atoms with Crippen molar-refractivity contribution >= 4 is 5.91 Å². The first kappa shape index (κ1) is 18.5. The van der Waals surface area contributed by atoms with Crippen molar-refractivity contribution in [2.75, 3.05) is 13.1 Å². The van der Waals surface area contributed by atoms with Gasteiger partial charge < -0.3 is 19.3 Å². The number of piperidine rings is 1. The number of likely N-dealkylation sites (tertiary alicyclic amines) is 1. The lowest BCUT2D eigenvalue weighted by Gasteiger charge is -2.39. The molecule has 140 valence electrons. The van der Waals surface area contributed by atoms with Crippen LogP contribution < -0.4 is 4.74 Å². The minimum absolute atomic E-state index is 0.0357. The highest BCUT2D eigenvalue weighted by molar-refractivity contribution is 5.81. The fourth-order valence-corrected chi connectivity index (χ4v) is 3.32. The number of aliphatic hydroxyl groups is 1. The maximum Gasteiger partial charge on any atom is 0.263 e. The molecule has 1 amide bonds. The van der Waals surface area contributed by atoms with Crippen molar-refractivity contribution in [3.63, 3.8) is 0 Å². The van der Waals surface area contributed by atoms with E-state index in [1.165, 1.54) is 0 Å². The molecule has 1 aliphatic rings. The highest BCUT2D eigenvalue weighted by Gasteiger charge is 2.35. The number of hydrogen-bond acceptors (Lipinski definition) is 4. The first-order valence-corrected chi connectivity index (χ1v) is 9.08. The van der Waals surface area contributed by atoms with E-state index < -0.39 is 11.7 Å². The molecule has 1 fully saturated rings. The van der Waals surface area contributed by atoms with Crippen molar-refractivity contribution in [2.45, 2.75) is 51.9 Å². The zero-order valence-electron chi connectivity index (χ0n) is 15.7. The third kappa shape index (κ3) is 4.25. The monoisotopic (exact) mass is 357 g/mol. The van der Waals surface area contributed by atoms with Gasteiger partial charge >= 0.3 is 0 Å². The van der Waals surface area contributed by atoms with Crippen LogP contribution in [0.5, 0.6) is 5.75 Å². The maximum atomic E-state index is 12.7. The highest BCUT2D eigenvalue weighted by Crippen LogP contribution is 2.25. The Labute approximate surface area is 154 Å². The van der Waals surface area contributed by atoms with Crippen molar-refractivity contribution in [3.05, 3.63) is 48.0 Å². The Hall–Kier alpha value is -2.34. The molecule has 1 aliphatic heterocycles. The molecule has 2 heterocycles. The molecule has 0 aliphatic carbocycles. The van der Waals surface area contributed by atoms with E-state index in [4.69, 9.17) is 4.74 Å². The number of hydrogen-bond donors (Lipinski definition) is 1. The first-order chi connectivity index (χ1) is 12.4. The van der Waals surface area contributed by atoms with Gasteiger partial charge in [0.1, 0.15) is 11.6 Å². The summed E-state index contributed by atoms with van der Waals surface area (Å²) in [5.41, 5.74) is 0.350. The van der Waals surface area contributed by atoms with Gasteiger partial charge in [-0.15, -0.1) is 0 Å². The molecule has 0 bridgehead atoms. The number of aryl methyl sites for hydroxylation is 2. The Bertz CT molecular complexity index is 746. The molecule has 0 unspecified atom stereocenters. The molecule has 0 spiro atoms. The second-order valence-electron chi connectivity index (χ2n) is 7.23. The molecule has 26 heavy (non-hydrogen) atoms. The zero-order valence-corrected chi connectivity index (χ0v) is 15.7. The van der Waals surface area contributed by atoms with E-state index in [1.807, 2.05) is 48.9 Å². The lowest BCUT2D eigenvalue weighted by Crippen LogP contribution is -2.51. The molecular weight excluding hydrogens is 330 g/mol. The maximum absolute atomic E-state index is 12.7. The van der Waals surface area contributed by atoms with Gasteiger partial charge in [0.15, 0.2) is 6.10 Å². The summed E-state index contributed by atoms with van der Waals surface area (Å²) in [5, 5.41) is 10.8. The summed E-state index contributed by atoms with van der Waals surface area (Å²) in [5.74, 6) is 1.55. The summed E-state index contributed by atoms with van der Waals surface area (Å²) in [6.07, 6.45) is 4.17. The molecule has 1 N–H and O–H groups in total. The molecule has 6 heteroatoms. The lowest BCUT2D eigenvalue weighted by atomic mass is 9.91. The molecule has 1 aromatic heterocycles. The van der Waals surface area contributed by atoms with Gasteiger partial charge in [0.25, 0.3) is 5.91 Å². The van der Waals surface area contributed by atoms with E-state index in [1.54, 1.807) is 18.0 Å². The molecule has 1 aromatic carbocycles. The Balaban J connectivity index is 1.54. The van der Waals surface area contributed by atoms with Gasteiger partial charge in [-0.3, -0.25) is 4.79 Å². The molecule has 2 aromatic rings. The fourth-order valence-electron chi connectivity index (χ4n) is 3.32. The van der Waals surface area contributed by atoms with Gasteiger partial charge in [-0.2, -0.15) is 0 Å². The number of amides is 1. The molecule has 3 rings (SSSR count). The van der Waals surface area contributed by atoms with Crippen molar-refractivity contribution in [1.29, 1.82) is 0 Å². The van der Waals surface area contributed by atoms with Crippen LogP contribution in [0.25, 0.3) is 0 Å². The number of aromatic nitrogens is 2. The standard InChI is InChI=1S/C20H27N3O3/c1-15-4-6-18(7-5-15)26-16(2)19(24)22-11-8-20(25,9-12-22)14-23-13-10-21-17(23)3/h4-7,10,13,16,25H,8-9,11-12,14H2,1-3H3/t16-/m1/s1. The smallest absolute Gasteiger partial charge is 0.263 e. The van der Waals surface area contributed by atoms with E-state index >= 15 is 0 Å². The summed E-state index contributed by atoms with van der Waals surface area (Å²) in [6, 6.07) is 7.68. The lowest BCUT2D eigenvalue weighted by molar-refractivity contribution is -0.142. The predicted molar refractivity (Wildman–Crippen MR) is 99.0 cm³/mol. The number of benzene rings is 1. The van der Waals surface area contributed by atoms with Crippen molar-refractivity contribution < 1.29 is 14.6 Å². The van der Waals surface area contributed by atoms with Gasteiger partial charge in [0.05, 0.1) is 12.1 Å². The summed E-state index contributed by atoms with van der Waals surface area (Å²) in [4.78, 5) is 18.6. The largest absolute Gasteiger partial charge is 0.481 e. The Morgan fingerprint density at radius 1 is 1.27 bits per heavy atom. The van der Waals surface area contributed by atoms with Gasteiger partial charge in [-0.25, -0.2) is 4.98 Å². The molecule has 1 atom stereocenters. The first-order valence-electron chi connectivity index (χ1n) is 9.08. The average Bonchev–Trinajstić information content (AvgIpc) is 3.01. The van der Waals surface area contributed by atoms with E-state index in [9.17, 15) is 9.90 Å². The quantitative estimate of drug-likeness (QED) is 0.892. The van der Waals surface area contributed by atoms with Crippen LogP contribution in [0.4, 0.5) is 0 Å². The molecule has 0 saturated carbocycles. The van der Waals surface area contributed by atoms with Crippen LogP contribution in [0.3, 0.4) is 0 Å². The SMILES string of the molecule is Cc1ccc(O[C@H](C)C(=O)N2CCC(O)(Cn3ccnc3C)CC2)cc1. The average molecular weight is 357 g/mol. The van der Waals surface area contributed by atoms with E-state index in [0.717, 1.165) is 11.4 Å². The van der Waals surface area contributed by atoms with Crippen LogP contribution in [0, 0.1) is 13.8 Å². The van der Waals surface area contributed by atoms with E-state index in [2.05, 4.69) is 4.98 Å². The molecular formula is C20H27N3O3. The van der Waals surface area contributed by atoms with Crippen LogP contribution in [0.15, 0.2) is 36.7 Å². The Morgan fingerprint density at radius 2 is 1.92 bits per heavy atom. The highest BCUT2D eigenvalue weighted by atomic mass is 16.5. The van der Waals surface area contributed by atoms with Crippen molar-refractivity contribution in [1.82, 2.24) is 14.5 Å². The van der Waals surface area contributed by atoms with Crippen LogP contribution in [0.1, 0.15) is 31.2 Å². The molecule has 1 saturated heterocycles. The van der Waals surface area contributed by atoms with Gasteiger partial charge in [0.2, 0.25) is 0 Å². The number of nitrogens with zero attached hydrogens (tertiary/aromatic N) is 3. The fraction of sp³-hybridized carbons (Fsp3) is 0.500. The second-order valence-corrected chi connectivity index (χ2v) is 7.23. The van der Waals surface area contributed by atoms with Gasteiger partial charge in [0, 0.05) is 25.5 Å². The van der Waals surface area contributed by atoms with E-state index in [0.29, 0.717) is 38.2 Å². The number of imidazole rings is 1. The Morgan fingerprint density at radius 3 is 2.50 bits per heavy atom. The topological polar surface area (TPSA) is 67.6 Å². The summed E-state index contributed by atoms with van der Waals surface area (Å²) in [6.45, 7) is 7.29. The predicted octanol–water partition coefficient (Wildman–Crippen LogP) is 2.32. The zero-order chi connectivity index (χ0) is 18.7. The van der Waals surface area contributed by atoms with Crippen molar-refractivity contribution in [2.24, 2.45) is 0 Å². The van der Waals surface area contributed by atoms with Crippen LogP contribution in [-0.4, -0.2) is 50.3 Å². The second kappa shape index (κ2) is 7.50. The number of rotatable bonds is 5. The molecule has 0 radical (unpaired) electrons. The molecule has 6 nitrogen and oxygen atoms in total. The van der Waals surface area contributed by atoms with Gasteiger partial charge in [-0.05, 0) is 45.7 Å². The summed E-state index contributed by atoms with van der Waals surface area (Å²) >= 11 is 0.